The lowest BCUT2D eigenvalue weighted by molar-refractivity contribution is 0.661. The summed E-state index contributed by atoms with van der Waals surface area (Å²) in [7, 11) is 0. The van der Waals surface area contributed by atoms with E-state index < -0.39 is 0 Å². The molecule has 98 valence electrons. The molecule has 0 amide bonds. The molecule has 1 unspecified atom stereocenters. The number of pyridine rings is 1. The topological polar surface area (TPSA) is 50.7 Å². The van der Waals surface area contributed by atoms with Gasteiger partial charge in [-0.25, -0.2) is 9.97 Å². The summed E-state index contributed by atoms with van der Waals surface area (Å²) in [6.07, 6.45) is 9.99. The lowest BCUT2D eigenvalue weighted by Crippen LogP contribution is -2.14. The van der Waals surface area contributed by atoms with Crippen LogP contribution in [-0.4, -0.2) is 15.0 Å². The zero-order chi connectivity index (χ0) is 13.1. The predicted octanol–water partition coefficient (Wildman–Crippen LogP) is 2.92. The molecule has 1 aliphatic rings. The molecular formula is C15H18N4. The van der Waals surface area contributed by atoms with Gasteiger partial charge in [0, 0.05) is 23.7 Å². The second-order valence-electron chi connectivity index (χ2n) is 5.01. The van der Waals surface area contributed by atoms with Crippen LogP contribution in [0.15, 0.2) is 30.9 Å². The molecule has 0 fully saturated rings. The molecule has 19 heavy (non-hydrogen) atoms. The van der Waals surface area contributed by atoms with Crippen molar-refractivity contribution >= 4 is 5.82 Å². The maximum atomic E-state index is 4.41. The van der Waals surface area contributed by atoms with Gasteiger partial charge < -0.3 is 5.32 Å². The van der Waals surface area contributed by atoms with E-state index in [2.05, 4.69) is 33.3 Å². The minimum atomic E-state index is 0.203. The van der Waals surface area contributed by atoms with E-state index in [0.29, 0.717) is 0 Å². The van der Waals surface area contributed by atoms with Gasteiger partial charge in [0.25, 0.3) is 0 Å². The maximum absolute atomic E-state index is 4.41. The highest BCUT2D eigenvalue weighted by molar-refractivity contribution is 5.48. The van der Waals surface area contributed by atoms with Crippen molar-refractivity contribution in [3.63, 3.8) is 0 Å². The summed E-state index contributed by atoms with van der Waals surface area (Å²) >= 11 is 0. The Morgan fingerprint density at radius 3 is 2.95 bits per heavy atom. The molecule has 0 aliphatic heterocycles. The fraction of sp³-hybridized carbons (Fsp3) is 0.400. The molecule has 3 rings (SSSR count). The SMILES string of the molecule is CC(Nc1ncnc2c1CCCC2)c1cccnc1. The fourth-order valence-electron chi connectivity index (χ4n) is 2.57. The van der Waals surface area contributed by atoms with Crippen LogP contribution < -0.4 is 5.32 Å². The third kappa shape index (κ3) is 2.57. The Kier molecular flexibility index (Phi) is 3.40. The van der Waals surface area contributed by atoms with Gasteiger partial charge in [0.05, 0.1) is 6.04 Å². The summed E-state index contributed by atoms with van der Waals surface area (Å²) < 4.78 is 0. The highest BCUT2D eigenvalue weighted by Crippen LogP contribution is 2.26. The van der Waals surface area contributed by atoms with E-state index in [1.54, 1.807) is 12.5 Å². The van der Waals surface area contributed by atoms with E-state index >= 15 is 0 Å². The van der Waals surface area contributed by atoms with Gasteiger partial charge in [-0.1, -0.05) is 6.07 Å². The van der Waals surface area contributed by atoms with Gasteiger partial charge in [-0.2, -0.15) is 0 Å². The first-order valence-electron chi connectivity index (χ1n) is 6.84. The van der Waals surface area contributed by atoms with Crippen molar-refractivity contribution in [1.29, 1.82) is 0 Å². The Labute approximate surface area is 113 Å². The van der Waals surface area contributed by atoms with Crippen molar-refractivity contribution in [2.75, 3.05) is 5.32 Å². The van der Waals surface area contributed by atoms with Crippen LogP contribution in [0.3, 0.4) is 0 Å². The molecule has 2 aromatic heterocycles. The van der Waals surface area contributed by atoms with Crippen LogP contribution in [0, 0.1) is 0 Å². The number of hydrogen-bond acceptors (Lipinski definition) is 4. The molecule has 1 atom stereocenters. The molecule has 0 spiro atoms. The summed E-state index contributed by atoms with van der Waals surface area (Å²) in [6, 6.07) is 4.25. The highest BCUT2D eigenvalue weighted by atomic mass is 15.0. The van der Waals surface area contributed by atoms with E-state index in [4.69, 9.17) is 0 Å². The van der Waals surface area contributed by atoms with Gasteiger partial charge in [0.2, 0.25) is 0 Å². The van der Waals surface area contributed by atoms with Gasteiger partial charge >= 0.3 is 0 Å². The number of aryl methyl sites for hydroxylation is 1. The molecule has 2 aromatic rings. The van der Waals surface area contributed by atoms with Crippen molar-refractivity contribution in [2.45, 2.75) is 38.6 Å². The van der Waals surface area contributed by atoms with Crippen molar-refractivity contribution in [2.24, 2.45) is 0 Å². The van der Waals surface area contributed by atoms with E-state index in [9.17, 15) is 0 Å². The summed E-state index contributed by atoms with van der Waals surface area (Å²) in [6.45, 7) is 2.13. The molecule has 1 aliphatic carbocycles. The largest absolute Gasteiger partial charge is 0.363 e. The zero-order valence-electron chi connectivity index (χ0n) is 11.1. The van der Waals surface area contributed by atoms with Gasteiger partial charge in [-0.05, 0) is 44.2 Å². The Morgan fingerprint density at radius 2 is 2.11 bits per heavy atom. The number of nitrogens with zero attached hydrogens (tertiary/aromatic N) is 3. The van der Waals surface area contributed by atoms with E-state index in [1.165, 1.54) is 29.7 Å². The summed E-state index contributed by atoms with van der Waals surface area (Å²) in [5, 5.41) is 3.50. The molecule has 0 bridgehead atoms. The van der Waals surface area contributed by atoms with Crippen LogP contribution in [0.4, 0.5) is 5.82 Å². The molecule has 0 saturated carbocycles. The number of aromatic nitrogens is 3. The molecule has 4 nitrogen and oxygen atoms in total. The van der Waals surface area contributed by atoms with E-state index in [0.717, 1.165) is 18.7 Å². The van der Waals surface area contributed by atoms with Gasteiger partial charge in [0.15, 0.2) is 0 Å². The van der Waals surface area contributed by atoms with Crippen LogP contribution in [0.2, 0.25) is 0 Å². The normalized spacial score (nSPS) is 15.6. The summed E-state index contributed by atoms with van der Waals surface area (Å²) in [4.78, 5) is 13.0. The quantitative estimate of drug-likeness (QED) is 0.915. The van der Waals surface area contributed by atoms with E-state index in [-0.39, 0.29) is 6.04 Å². The van der Waals surface area contributed by atoms with Crippen molar-refractivity contribution in [3.8, 4) is 0 Å². The molecule has 4 heteroatoms. The van der Waals surface area contributed by atoms with Crippen LogP contribution in [-0.2, 0) is 12.8 Å². The van der Waals surface area contributed by atoms with Crippen molar-refractivity contribution in [3.05, 3.63) is 47.7 Å². The zero-order valence-corrected chi connectivity index (χ0v) is 11.1. The third-order valence-electron chi connectivity index (χ3n) is 3.66. The Bertz CT molecular complexity index is 553. The smallest absolute Gasteiger partial charge is 0.133 e. The van der Waals surface area contributed by atoms with Crippen LogP contribution in [0.1, 0.15) is 42.6 Å². The van der Waals surface area contributed by atoms with Gasteiger partial charge in [-0.3, -0.25) is 4.98 Å². The van der Waals surface area contributed by atoms with E-state index in [1.807, 2.05) is 12.3 Å². The fourth-order valence-corrected chi connectivity index (χ4v) is 2.57. The lowest BCUT2D eigenvalue weighted by atomic mass is 9.96. The number of fused-ring (bicyclic) bond motifs is 1. The Morgan fingerprint density at radius 1 is 1.21 bits per heavy atom. The summed E-state index contributed by atoms with van der Waals surface area (Å²) in [5.74, 6) is 0.987. The molecule has 0 aromatic carbocycles. The molecule has 0 radical (unpaired) electrons. The number of anilines is 1. The first-order chi connectivity index (χ1) is 9.34. The van der Waals surface area contributed by atoms with Crippen LogP contribution in [0.5, 0.6) is 0 Å². The van der Waals surface area contributed by atoms with Gasteiger partial charge in [0.1, 0.15) is 12.1 Å². The highest BCUT2D eigenvalue weighted by Gasteiger charge is 2.16. The first-order valence-corrected chi connectivity index (χ1v) is 6.84. The predicted molar refractivity (Wildman–Crippen MR) is 74.9 cm³/mol. The van der Waals surface area contributed by atoms with Crippen molar-refractivity contribution in [1.82, 2.24) is 15.0 Å². The average Bonchev–Trinajstić information content (AvgIpc) is 2.48. The molecule has 1 N–H and O–H groups in total. The lowest BCUT2D eigenvalue weighted by Gasteiger charge is -2.21. The minimum absolute atomic E-state index is 0.203. The number of hydrogen-bond donors (Lipinski definition) is 1. The average molecular weight is 254 g/mol. The third-order valence-corrected chi connectivity index (χ3v) is 3.66. The molecule has 0 saturated heterocycles. The Hall–Kier alpha value is -1.97. The second-order valence-corrected chi connectivity index (χ2v) is 5.01. The van der Waals surface area contributed by atoms with Gasteiger partial charge in [-0.15, -0.1) is 0 Å². The Balaban J connectivity index is 1.84. The van der Waals surface area contributed by atoms with Crippen LogP contribution >= 0.6 is 0 Å². The first kappa shape index (κ1) is 12.1. The standard InChI is InChI=1S/C15H18N4/c1-11(12-5-4-8-16-9-12)19-15-13-6-2-3-7-14(13)17-10-18-15/h4-5,8-11H,2-3,6-7H2,1H3,(H,17,18,19). The number of rotatable bonds is 3. The maximum Gasteiger partial charge on any atom is 0.133 e. The van der Waals surface area contributed by atoms with Crippen molar-refractivity contribution < 1.29 is 0 Å². The second kappa shape index (κ2) is 5.34. The molecule has 2 heterocycles. The van der Waals surface area contributed by atoms with Crippen LogP contribution in [0.25, 0.3) is 0 Å². The monoisotopic (exact) mass is 254 g/mol. The molecular weight excluding hydrogens is 236 g/mol. The summed E-state index contributed by atoms with van der Waals surface area (Å²) in [5.41, 5.74) is 3.68. The number of nitrogens with one attached hydrogen (secondary N) is 1. The minimum Gasteiger partial charge on any atom is -0.363 e.